The fourth-order valence-corrected chi connectivity index (χ4v) is 1.93. The highest BCUT2D eigenvalue weighted by atomic mass is 79.9. The standard InChI is InChI=1S/C14H20BrNO2/c1-10(2)13(15)14(17)16(3)9-11-5-7-12(18-4)8-6-11/h5-8,10,13H,9H2,1-4H3/t13-/m1/s1. The Hall–Kier alpha value is -1.03. The highest BCUT2D eigenvalue weighted by molar-refractivity contribution is 9.10. The maximum Gasteiger partial charge on any atom is 0.236 e. The van der Waals surface area contributed by atoms with Crippen molar-refractivity contribution in [1.29, 1.82) is 0 Å². The van der Waals surface area contributed by atoms with Crippen molar-refractivity contribution in [2.24, 2.45) is 5.92 Å². The van der Waals surface area contributed by atoms with Crippen molar-refractivity contribution in [1.82, 2.24) is 4.90 Å². The number of ether oxygens (including phenoxy) is 1. The van der Waals surface area contributed by atoms with Gasteiger partial charge in [0.1, 0.15) is 5.75 Å². The van der Waals surface area contributed by atoms with E-state index in [1.165, 1.54) is 0 Å². The van der Waals surface area contributed by atoms with Gasteiger partial charge in [0.2, 0.25) is 5.91 Å². The lowest BCUT2D eigenvalue weighted by atomic mass is 10.1. The summed E-state index contributed by atoms with van der Waals surface area (Å²) < 4.78 is 5.10. The maximum absolute atomic E-state index is 12.1. The van der Waals surface area contributed by atoms with Crippen LogP contribution in [0.5, 0.6) is 5.75 Å². The van der Waals surface area contributed by atoms with E-state index in [-0.39, 0.29) is 16.7 Å². The van der Waals surface area contributed by atoms with E-state index in [1.807, 2.05) is 45.2 Å². The van der Waals surface area contributed by atoms with Crippen LogP contribution in [0.15, 0.2) is 24.3 Å². The molecule has 4 heteroatoms. The minimum Gasteiger partial charge on any atom is -0.497 e. The summed E-state index contributed by atoms with van der Waals surface area (Å²) in [6.45, 7) is 4.66. The Kier molecular flexibility index (Phi) is 5.66. The molecule has 0 N–H and O–H groups in total. The number of alkyl halides is 1. The molecule has 1 atom stereocenters. The molecule has 0 fully saturated rings. The van der Waals surface area contributed by atoms with Crippen LogP contribution < -0.4 is 4.74 Å². The zero-order valence-corrected chi connectivity index (χ0v) is 12.9. The second-order valence-corrected chi connectivity index (χ2v) is 5.67. The Morgan fingerprint density at radius 3 is 2.33 bits per heavy atom. The molecule has 0 unspecified atom stereocenters. The van der Waals surface area contributed by atoms with Gasteiger partial charge >= 0.3 is 0 Å². The van der Waals surface area contributed by atoms with Crippen molar-refractivity contribution in [3.05, 3.63) is 29.8 Å². The van der Waals surface area contributed by atoms with Gasteiger partial charge in [0.25, 0.3) is 0 Å². The molecule has 0 aliphatic rings. The molecule has 0 spiro atoms. The predicted molar refractivity (Wildman–Crippen MR) is 77.0 cm³/mol. The molecular weight excluding hydrogens is 294 g/mol. The molecule has 0 heterocycles. The van der Waals surface area contributed by atoms with Crippen molar-refractivity contribution in [2.75, 3.05) is 14.2 Å². The average molecular weight is 314 g/mol. The Balaban J connectivity index is 2.63. The number of carbonyl (C=O) groups is 1. The monoisotopic (exact) mass is 313 g/mol. The lowest BCUT2D eigenvalue weighted by Gasteiger charge is -2.22. The molecule has 100 valence electrons. The molecule has 0 saturated heterocycles. The third kappa shape index (κ3) is 4.02. The summed E-state index contributed by atoms with van der Waals surface area (Å²) >= 11 is 3.43. The molecule has 3 nitrogen and oxygen atoms in total. The SMILES string of the molecule is COc1ccc(CN(C)C(=O)[C@H](Br)C(C)C)cc1. The van der Waals surface area contributed by atoms with Crippen molar-refractivity contribution < 1.29 is 9.53 Å². The molecule has 1 rings (SSSR count). The number of carbonyl (C=O) groups excluding carboxylic acids is 1. The van der Waals surface area contributed by atoms with Gasteiger partial charge in [-0.05, 0) is 23.6 Å². The highest BCUT2D eigenvalue weighted by Gasteiger charge is 2.22. The van der Waals surface area contributed by atoms with Gasteiger partial charge in [0, 0.05) is 13.6 Å². The maximum atomic E-state index is 12.1. The van der Waals surface area contributed by atoms with Gasteiger partial charge in [-0.25, -0.2) is 0 Å². The topological polar surface area (TPSA) is 29.5 Å². The number of amides is 1. The van der Waals surface area contributed by atoms with Crippen LogP contribution in [0, 0.1) is 5.92 Å². The molecule has 1 amide bonds. The van der Waals surface area contributed by atoms with E-state index < -0.39 is 0 Å². The molecule has 1 aromatic rings. The van der Waals surface area contributed by atoms with Crippen LogP contribution in [0.4, 0.5) is 0 Å². The van der Waals surface area contributed by atoms with E-state index >= 15 is 0 Å². The van der Waals surface area contributed by atoms with E-state index in [0.717, 1.165) is 11.3 Å². The first kappa shape index (κ1) is 15.0. The van der Waals surface area contributed by atoms with E-state index in [0.29, 0.717) is 6.54 Å². The van der Waals surface area contributed by atoms with Crippen molar-refractivity contribution in [3.8, 4) is 5.75 Å². The van der Waals surface area contributed by atoms with E-state index in [1.54, 1.807) is 12.0 Å². The second-order valence-electron chi connectivity index (χ2n) is 4.69. The zero-order chi connectivity index (χ0) is 13.7. The molecule has 1 aromatic carbocycles. The van der Waals surface area contributed by atoms with E-state index in [9.17, 15) is 4.79 Å². The van der Waals surface area contributed by atoms with Crippen LogP contribution in [-0.4, -0.2) is 29.8 Å². The van der Waals surface area contributed by atoms with Gasteiger partial charge < -0.3 is 9.64 Å². The van der Waals surface area contributed by atoms with Gasteiger partial charge in [0.15, 0.2) is 0 Å². The van der Waals surface area contributed by atoms with Gasteiger partial charge in [0.05, 0.1) is 11.9 Å². The summed E-state index contributed by atoms with van der Waals surface area (Å²) in [6.07, 6.45) is 0. The first-order chi connectivity index (χ1) is 8.45. The summed E-state index contributed by atoms with van der Waals surface area (Å²) in [5, 5.41) is 0. The average Bonchev–Trinajstić information content (AvgIpc) is 2.37. The number of benzene rings is 1. The smallest absolute Gasteiger partial charge is 0.236 e. The molecule has 0 aromatic heterocycles. The zero-order valence-electron chi connectivity index (χ0n) is 11.3. The second kappa shape index (κ2) is 6.78. The van der Waals surface area contributed by atoms with Crippen molar-refractivity contribution in [2.45, 2.75) is 25.2 Å². The molecule has 0 radical (unpaired) electrons. The number of halogens is 1. The molecule has 0 aliphatic heterocycles. The molecule has 18 heavy (non-hydrogen) atoms. The normalized spacial score (nSPS) is 12.3. The number of hydrogen-bond donors (Lipinski definition) is 0. The highest BCUT2D eigenvalue weighted by Crippen LogP contribution is 2.17. The third-order valence-corrected chi connectivity index (χ3v) is 4.23. The van der Waals surface area contributed by atoms with Crippen molar-refractivity contribution >= 4 is 21.8 Å². The van der Waals surface area contributed by atoms with Crippen LogP contribution in [0.25, 0.3) is 0 Å². The Morgan fingerprint density at radius 1 is 1.33 bits per heavy atom. The largest absolute Gasteiger partial charge is 0.497 e. The van der Waals surface area contributed by atoms with Gasteiger partial charge in [-0.15, -0.1) is 0 Å². The molecular formula is C14H20BrNO2. The summed E-state index contributed by atoms with van der Waals surface area (Å²) in [5.41, 5.74) is 1.09. The molecule has 0 bridgehead atoms. The van der Waals surface area contributed by atoms with E-state index in [2.05, 4.69) is 15.9 Å². The van der Waals surface area contributed by atoms with E-state index in [4.69, 9.17) is 4.74 Å². The summed E-state index contributed by atoms with van der Waals surface area (Å²) in [5.74, 6) is 1.23. The molecule has 0 saturated carbocycles. The van der Waals surface area contributed by atoms with Crippen LogP contribution in [0.2, 0.25) is 0 Å². The Bertz CT molecular complexity index is 389. The third-order valence-electron chi connectivity index (χ3n) is 2.78. The lowest BCUT2D eigenvalue weighted by molar-refractivity contribution is -0.130. The first-order valence-corrected chi connectivity index (χ1v) is 6.89. The number of hydrogen-bond acceptors (Lipinski definition) is 2. The number of rotatable bonds is 5. The number of methoxy groups -OCH3 is 1. The summed E-state index contributed by atoms with van der Waals surface area (Å²) in [7, 11) is 3.46. The van der Waals surface area contributed by atoms with Crippen LogP contribution >= 0.6 is 15.9 Å². The summed E-state index contributed by atoms with van der Waals surface area (Å²) in [4.78, 5) is 13.7. The van der Waals surface area contributed by atoms with Crippen LogP contribution in [-0.2, 0) is 11.3 Å². The van der Waals surface area contributed by atoms with Gasteiger partial charge in [-0.2, -0.15) is 0 Å². The Morgan fingerprint density at radius 2 is 1.89 bits per heavy atom. The van der Waals surface area contributed by atoms with Gasteiger partial charge in [-0.3, -0.25) is 4.79 Å². The predicted octanol–water partition coefficient (Wildman–Crippen LogP) is 3.07. The van der Waals surface area contributed by atoms with Crippen LogP contribution in [0.3, 0.4) is 0 Å². The summed E-state index contributed by atoms with van der Waals surface area (Å²) in [6, 6.07) is 7.76. The fourth-order valence-electron chi connectivity index (χ4n) is 1.58. The quantitative estimate of drug-likeness (QED) is 0.782. The fraction of sp³-hybridized carbons (Fsp3) is 0.500. The van der Waals surface area contributed by atoms with Crippen molar-refractivity contribution in [3.63, 3.8) is 0 Å². The Labute approximate surface area is 117 Å². The minimum atomic E-state index is -0.124. The van der Waals surface area contributed by atoms with Gasteiger partial charge in [-0.1, -0.05) is 41.9 Å². The lowest BCUT2D eigenvalue weighted by Crippen LogP contribution is -2.35. The first-order valence-electron chi connectivity index (χ1n) is 5.97. The molecule has 0 aliphatic carbocycles. The number of nitrogens with zero attached hydrogens (tertiary/aromatic N) is 1. The minimum absolute atomic E-state index is 0.112. The van der Waals surface area contributed by atoms with Crippen LogP contribution in [0.1, 0.15) is 19.4 Å².